The SMILES string of the molecule is COC1CCCC(C(O)CO)O1. The van der Waals surface area contributed by atoms with Gasteiger partial charge in [0.2, 0.25) is 0 Å². The van der Waals surface area contributed by atoms with Gasteiger partial charge in [-0.25, -0.2) is 0 Å². The zero-order valence-electron chi connectivity index (χ0n) is 7.27. The van der Waals surface area contributed by atoms with E-state index >= 15 is 0 Å². The van der Waals surface area contributed by atoms with Crippen molar-refractivity contribution in [3.05, 3.63) is 0 Å². The number of methoxy groups -OCH3 is 1. The van der Waals surface area contributed by atoms with Crippen LogP contribution in [0.15, 0.2) is 0 Å². The maximum atomic E-state index is 9.27. The Morgan fingerprint density at radius 2 is 2.33 bits per heavy atom. The molecule has 0 radical (unpaired) electrons. The van der Waals surface area contributed by atoms with Crippen LogP contribution in [-0.4, -0.2) is 42.4 Å². The van der Waals surface area contributed by atoms with Crippen LogP contribution in [0.3, 0.4) is 0 Å². The first-order valence-corrected chi connectivity index (χ1v) is 4.25. The molecule has 4 heteroatoms. The fourth-order valence-corrected chi connectivity index (χ4v) is 1.39. The van der Waals surface area contributed by atoms with Gasteiger partial charge in [-0.2, -0.15) is 0 Å². The van der Waals surface area contributed by atoms with Gasteiger partial charge in [-0.05, 0) is 19.3 Å². The van der Waals surface area contributed by atoms with Crippen LogP contribution in [0.1, 0.15) is 19.3 Å². The lowest BCUT2D eigenvalue weighted by Crippen LogP contribution is -2.39. The molecule has 0 aromatic heterocycles. The van der Waals surface area contributed by atoms with E-state index in [1.54, 1.807) is 7.11 Å². The number of hydrogen-bond acceptors (Lipinski definition) is 4. The van der Waals surface area contributed by atoms with Gasteiger partial charge in [-0.15, -0.1) is 0 Å². The van der Waals surface area contributed by atoms with Gasteiger partial charge in [0.05, 0.1) is 12.7 Å². The second kappa shape index (κ2) is 4.77. The smallest absolute Gasteiger partial charge is 0.157 e. The van der Waals surface area contributed by atoms with Gasteiger partial charge in [0.15, 0.2) is 6.29 Å². The normalized spacial score (nSPS) is 33.2. The van der Waals surface area contributed by atoms with Crippen molar-refractivity contribution in [1.29, 1.82) is 0 Å². The first-order chi connectivity index (χ1) is 5.77. The van der Waals surface area contributed by atoms with E-state index in [0.717, 1.165) is 19.3 Å². The Morgan fingerprint density at radius 1 is 1.58 bits per heavy atom. The van der Waals surface area contributed by atoms with Crippen molar-refractivity contribution in [2.24, 2.45) is 0 Å². The summed E-state index contributed by atoms with van der Waals surface area (Å²) in [5, 5.41) is 17.9. The van der Waals surface area contributed by atoms with E-state index in [2.05, 4.69) is 0 Å². The highest BCUT2D eigenvalue weighted by Gasteiger charge is 2.27. The molecule has 0 aromatic carbocycles. The van der Waals surface area contributed by atoms with E-state index in [0.29, 0.717) is 0 Å². The highest BCUT2D eigenvalue weighted by atomic mass is 16.7. The molecule has 1 saturated heterocycles. The van der Waals surface area contributed by atoms with Gasteiger partial charge in [-0.1, -0.05) is 0 Å². The summed E-state index contributed by atoms with van der Waals surface area (Å²) in [6.07, 6.45) is 1.37. The number of aliphatic hydroxyl groups excluding tert-OH is 2. The highest BCUT2D eigenvalue weighted by Crippen LogP contribution is 2.21. The van der Waals surface area contributed by atoms with Crippen LogP contribution < -0.4 is 0 Å². The third-order valence-electron chi connectivity index (χ3n) is 2.13. The van der Waals surface area contributed by atoms with Crippen molar-refractivity contribution in [3.8, 4) is 0 Å². The summed E-state index contributed by atoms with van der Waals surface area (Å²) in [7, 11) is 1.58. The van der Waals surface area contributed by atoms with Crippen molar-refractivity contribution in [3.63, 3.8) is 0 Å². The van der Waals surface area contributed by atoms with Gasteiger partial charge in [-0.3, -0.25) is 0 Å². The van der Waals surface area contributed by atoms with Crippen LogP contribution in [0, 0.1) is 0 Å². The number of hydrogen-bond donors (Lipinski definition) is 2. The Bertz CT molecular complexity index is 126. The summed E-state index contributed by atoms with van der Waals surface area (Å²) in [5.74, 6) is 0. The molecule has 72 valence electrons. The molecule has 3 atom stereocenters. The van der Waals surface area contributed by atoms with Crippen LogP contribution in [0.25, 0.3) is 0 Å². The van der Waals surface area contributed by atoms with E-state index in [1.165, 1.54) is 0 Å². The minimum absolute atomic E-state index is 0.218. The van der Waals surface area contributed by atoms with Crippen molar-refractivity contribution in [2.45, 2.75) is 37.8 Å². The minimum Gasteiger partial charge on any atom is -0.394 e. The van der Waals surface area contributed by atoms with Crippen LogP contribution >= 0.6 is 0 Å². The maximum Gasteiger partial charge on any atom is 0.157 e. The molecule has 3 unspecified atom stereocenters. The summed E-state index contributed by atoms with van der Waals surface area (Å²) in [6.45, 7) is -0.249. The third kappa shape index (κ3) is 2.42. The third-order valence-corrected chi connectivity index (χ3v) is 2.13. The lowest BCUT2D eigenvalue weighted by atomic mass is 10.0. The summed E-state index contributed by atoms with van der Waals surface area (Å²) in [4.78, 5) is 0. The minimum atomic E-state index is -0.775. The molecular weight excluding hydrogens is 160 g/mol. The van der Waals surface area contributed by atoms with Gasteiger partial charge in [0.1, 0.15) is 6.10 Å². The number of rotatable bonds is 3. The highest BCUT2D eigenvalue weighted by molar-refractivity contribution is 4.73. The largest absolute Gasteiger partial charge is 0.394 e. The Morgan fingerprint density at radius 3 is 2.92 bits per heavy atom. The molecule has 2 N–H and O–H groups in total. The molecule has 1 rings (SSSR count). The number of aliphatic hydroxyl groups is 2. The second-order valence-corrected chi connectivity index (χ2v) is 3.02. The standard InChI is InChI=1S/C8H16O4/c1-11-8-4-2-3-7(12-8)6(10)5-9/h6-10H,2-5H2,1H3. The van der Waals surface area contributed by atoms with Crippen LogP contribution in [0.5, 0.6) is 0 Å². The summed E-state index contributed by atoms with van der Waals surface area (Å²) >= 11 is 0. The molecule has 0 spiro atoms. The van der Waals surface area contributed by atoms with Gasteiger partial charge in [0, 0.05) is 7.11 Å². The Balaban J connectivity index is 2.34. The van der Waals surface area contributed by atoms with E-state index in [4.69, 9.17) is 14.6 Å². The van der Waals surface area contributed by atoms with Crippen molar-refractivity contribution in [1.82, 2.24) is 0 Å². The van der Waals surface area contributed by atoms with E-state index in [9.17, 15) is 5.11 Å². The fourth-order valence-electron chi connectivity index (χ4n) is 1.39. The quantitative estimate of drug-likeness (QED) is 0.629. The van der Waals surface area contributed by atoms with Crippen LogP contribution in [0.4, 0.5) is 0 Å². The zero-order valence-corrected chi connectivity index (χ0v) is 7.27. The van der Waals surface area contributed by atoms with Gasteiger partial charge in [0.25, 0.3) is 0 Å². The van der Waals surface area contributed by atoms with Gasteiger partial charge >= 0.3 is 0 Å². The molecule has 12 heavy (non-hydrogen) atoms. The summed E-state index contributed by atoms with van der Waals surface area (Å²) < 4.78 is 10.4. The maximum absolute atomic E-state index is 9.27. The average Bonchev–Trinajstić information content (AvgIpc) is 2.17. The first-order valence-electron chi connectivity index (χ1n) is 4.25. The van der Waals surface area contributed by atoms with E-state index < -0.39 is 6.10 Å². The Labute approximate surface area is 72.1 Å². The van der Waals surface area contributed by atoms with Gasteiger partial charge < -0.3 is 19.7 Å². The molecule has 4 nitrogen and oxygen atoms in total. The topological polar surface area (TPSA) is 58.9 Å². The molecule has 0 amide bonds. The average molecular weight is 176 g/mol. The van der Waals surface area contributed by atoms with Crippen molar-refractivity contribution < 1.29 is 19.7 Å². The predicted molar refractivity (Wildman–Crippen MR) is 42.6 cm³/mol. The summed E-state index contributed by atoms with van der Waals surface area (Å²) in [5.41, 5.74) is 0. The molecule has 0 bridgehead atoms. The molecule has 0 aromatic rings. The molecule has 0 aliphatic carbocycles. The van der Waals surface area contributed by atoms with Crippen molar-refractivity contribution >= 4 is 0 Å². The van der Waals surface area contributed by atoms with Crippen molar-refractivity contribution in [2.75, 3.05) is 13.7 Å². The lowest BCUT2D eigenvalue weighted by Gasteiger charge is -2.31. The Hall–Kier alpha value is -0.160. The predicted octanol–water partition coefficient (Wildman–Crippen LogP) is -0.119. The zero-order chi connectivity index (χ0) is 8.97. The van der Waals surface area contributed by atoms with E-state index in [1.807, 2.05) is 0 Å². The fraction of sp³-hybridized carbons (Fsp3) is 1.00. The van der Waals surface area contributed by atoms with E-state index in [-0.39, 0.29) is 19.0 Å². The van der Waals surface area contributed by atoms with Crippen LogP contribution in [-0.2, 0) is 9.47 Å². The molecule has 1 heterocycles. The Kier molecular flexibility index (Phi) is 3.94. The summed E-state index contributed by atoms with van der Waals surface area (Å²) in [6, 6.07) is 0. The molecule has 1 aliphatic rings. The first kappa shape index (κ1) is 9.92. The van der Waals surface area contributed by atoms with Crippen LogP contribution in [0.2, 0.25) is 0 Å². The molecule has 1 fully saturated rings. The molecular formula is C8H16O4. The number of ether oxygens (including phenoxy) is 2. The molecule has 1 aliphatic heterocycles. The second-order valence-electron chi connectivity index (χ2n) is 3.02. The lowest BCUT2D eigenvalue weighted by molar-refractivity contribution is -0.206. The monoisotopic (exact) mass is 176 g/mol. The molecule has 0 saturated carbocycles.